The summed E-state index contributed by atoms with van der Waals surface area (Å²) in [6, 6.07) is -1.25. The van der Waals surface area contributed by atoms with Gasteiger partial charge in [0.15, 0.2) is 0 Å². The van der Waals surface area contributed by atoms with Crippen molar-refractivity contribution in [3.05, 3.63) is 11.6 Å². The number of nitrogens with one attached hydrogen (secondary N) is 1. The fraction of sp³-hybridized carbons (Fsp3) is 0.762. The first kappa shape index (κ1) is 24.1. The largest absolute Gasteiger partial charge is 0.478 e. The maximum atomic E-state index is 13.3. The zero-order valence-corrected chi connectivity index (χ0v) is 18.4. The smallest absolute Gasteiger partial charge is 0.331 e. The van der Waals surface area contributed by atoms with Gasteiger partial charge < -0.3 is 15.3 Å². The van der Waals surface area contributed by atoms with E-state index in [9.17, 15) is 14.4 Å². The summed E-state index contributed by atoms with van der Waals surface area (Å²) in [6.45, 7) is 10.1. The normalized spacial score (nSPS) is 21.0. The number of nitrogens with zero attached hydrogens (tertiary/aromatic N) is 2. The molecule has 1 fully saturated rings. The molecule has 0 saturated carbocycles. The van der Waals surface area contributed by atoms with Crippen LogP contribution in [0.1, 0.15) is 60.3 Å². The van der Waals surface area contributed by atoms with Gasteiger partial charge in [-0.2, -0.15) is 0 Å². The van der Waals surface area contributed by atoms with E-state index in [0.717, 1.165) is 25.8 Å². The molecule has 28 heavy (non-hydrogen) atoms. The van der Waals surface area contributed by atoms with Crippen molar-refractivity contribution in [1.82, 2.24) is 15.1 Å². The molecule has 2 N–H and O–H groups in total. The van der Waals surface area contributed by atoms with E-state index >= 15 is 0 Å². The van der Waals surface area contributed by atoms with Crippen molar-refractivity contribution in [2.75, 3.05) is 20.6 Å². The van der Waals surface area contributed by atoms with Crippen LogP contribution < -0.4 is 5.32 Å². The molecule has 7 heteroatoms. The number of carbonyl (C=O) groups is 3. The summed E-state index contributed by atoms with van der Waals surface area (Å²) in [5.74, 6) is -1.32. The first-order valence-corrected chi connectivity index (χ1v) is 10.1. The molecular weight excluding hydrogens is 358 g/mol. The van der Waals surface area contributed by atoms with Crippen molar-refractivity contribution in [3.63, 3.8) is 0 Å². The van der Waals surface area contributed by atoms with Crippen LogP contribution in [-0.2, 0) is 14.4 Å². The standard InChI is InChI=1S/C21H37N3O4/c1-8-15(13-14(2)20(27)28)24(7)19(26)17(21(3,4)5)22-18(25)16-11-9-10-12-23(16)6/h13,15-17H,8-12H2,1-7H3,(H,22,25)(H,27,28)/t15-,16?,17+/m0/s1. The highest BCUT2D eigenvalue weighted by Crippen LogP contribution is 2.24. The number of rotatable bonds is 7. The number of likely N-dealkylation sites (tertiary alicyclic amines) is 1. The zero-order valence-electron chi connectivity index (χ0n) is 18.4. The molecule has 0 aromatic rings. The van der Waals surface area contributed by atoms with Gasteiger partial charge in [-0.1, -0.05) is 40.2 Å². The van der Waals surface area contributed by atoms with Crippen LogP contribution in [-0.4, -0.2) is 71.5 Å². The van der Waals surface area contributed by atoms with E-state index in [0.29, 0.717) is 6.42 Å². The third kappa shape index (κ3) is 6.33. The van der Waals surface area contributed by atoms with Gasteiger partial charge in [-0.25, -0.2) is 4.79 Å². The molecule has 0 spiro atoms. The lowest BCUT2D eigenvalue weighted by molar-refractivity contribution is -0.141. The number of amides is 2. The predicted molar refractivity (Wildman–Crippen MR) is 110 cm³/mol. The second kappa shape index (κ2) is 10.0. The van der Waals surface area contributed by atoms with E-state index in [2.05, 4.69) is 5.32 Å². The molecule has 1 heterocycles. The van der Waals surface area contributed by atoms with Crippen molar-refractivity contribution in [2.45, 2.75) is 78.4 Å². The van der Waals surface area contributed by atoms with Gasteiger partial charge in [0.1, 0.15) is 6.04 Å². The van der Waals surface area contributed by atoms with Gasteiger partial charge in [-0.15, -0.1) is 0 Å². The summed E-state index contributed by atoms with van der Waals surface area (Å²) in [6.07, 6.45) is 5.06. The Morgan fingerprint density at radius 1 is 1.29 bits per heavy atom. The first-order chi connectivity index (χ1) is 12.9. The van der Waals surface area contributed by atoms with E-state index in [4.69, 9.17) is 5.11 Å². The summed E-state index contributed by atoms with van der Waals surface area (Å²) in [5.41, 5.74) is -0.273. The molecule has 1 unspecified atom stereocenters. The highest BCUT2D eigenvalue weighted by Gasteiger charge is 2.38. The molecule has 3 atom stereocenters. The fourth-order valence-electron chi connectivity index (χ4n) is 3.52. The molecule has 0 radical (unpaired) electrons. The van der Waals surface area contributed by atoms with Gasteiger partial charge >= 0.3 is 5.97 Å². The van der Waals surface area contributed by atoms with E-state index in [1.165, 1.54) is 6.92 Å². The second-order valence-electron chi connectivity index (χ2n) is 8.88. The van der Waals surface area contributed by atoms with Crippen LogP contribution in [0.3, 0.4) is 0 Å². The summed E-state index contributed by atoms with van der Waals surface area (Å²) in [7, 11) is 3.61. The van der Waals surface area contributed by atoms with Crippen LogP contribution in [0.4, 0.5) is 0 Å². The quantitative estimate of drug-likeness (QED) is 0.646. The van der Waals surface area contributed by atoms with E-state index in [-0.39, 0.29) is 29.5 Å². The van der Waals surface area contributed by atoms with Crippen LogP contribution in [0.2, 0.25) is 0 Å². The monoisotopic (exact) mass is 395 g/mol. The fourth-order valence-corrected chi connectivity index (χ4v) is 3.52. The van der Waals surface area contributed by atoms with Crippen molar-refractivity contribution >= 4 is 17.8 Å². The van der Waals surface area contributed by atoms with Gasteiger partial charge in [0.2, 0.25) is 11.8 Å². The number of likely N-dealkylation sites (N-methyl/N-ethyl adjacent to an activating group) is 2. The third-order valence-corrected chi connectivity index (χ3v) is 5.52. The molecule has 0 aliphatic carbocycles. The van der Waals surface area contributed by atoms with Crippen LogP contribution >= 0.6 is 0 Å². The lowest BCUT2D eigenvalue weighted by atomic mass is 9.85. The minimum absolute atomic E-state index is 0.116. The van der Waals surface area contributed by atoms with Gasteiger partial charge in [0, 0.05) is 12.6 Å². The van der Waals surface area contributed by atoms with Crippen molar-refractivity contribution < 1.29 is 19.5 Å². The maximum Gasteiger partial charge on any atom is 0.331 e. The van der Waals surface area contributed by atoms with Crippen LogP contribution in [0.5, 0.6) is 0 Å². The molecule has 1 aliphatic heterocycles. The molecule has 7 nitrogen and oxygen atoms in total. The van der Waals surface area contributed by atoms with Crippen LogP contribution in [0.15, 0.2) is 11.6 Å². The molecule has 1 aliphatic rings. The Kier molecular flexibility index (Phi) is 8.67. The summed E-state index contributed by atoms with van der Waals surface area (Å²) in [4.78, 5) is 40.9. The highest BCUT2D eigenvalue weighted by molar-refractivity contribution is 5.91. The molecular formula is C21H37N3O4. The lowest BCUT2D eigenvalue weighted by Gasteiger charge is -2.38. The Hall–Kier alpha value is -1.89. The number of carboxylic acid groups (broad SMARTS) is 1. The van der Waals surface area contributed by atoms with Gasteiger partial charge in [0.25, 0.3) is 0 Å². The molecule has 0 aromatic carbocycles. The predicted octanol–water partition coefficient (Wildman–Crippen LogP) is 2.27. The van der Waals surface area contributed by atoms with Crippen LogP contribution in [0.25, 0.3) is 0 Å². The number of carbonyl (C=O) groups excluding carboxylic acids is 2. The summed E-state index contributed by atoms with van der Waals surface area (Å²) >= 11 is 0. The molecule has 1 rings (SSSR count). The third-order valence-electron chi connectivity index (χ3n) is 5.52. The average molecular weight is 396 g/mol. The lowest BCUT2D eigenvalue weighted by Crippen LogP contribution is -2.59. The number of hydrogen-bond donors (Lipinski definition) is 2. The highest BCUT2D eigenvalue weighted by atomic mass is 16.4. The van der Waals surface area contributed by atoms with Gasteiger partial charge in [-0.05, 0) is 45.2 Å². The van der Waals surface area contributed by atoms with Crippen molar-refractivity contribution in [3.8, 4) is 0 Å². The van der Waals surface area contributed by atoms with Crippen molar-refractivity contribution in [2.24, 2.45) is 5.41 Å². The zero-order chi connectivity index (χ0) is 21.6. The second-order valence-corrected chi connectivity index (χ2v) is 8.88. The molecule has 0 aromatic heterocycles. The van der Waals surface area contributed by atoms with Gasteiger partial charge in [-0.3, -0.25) is 14.5 Å². The topological polar surface area (TPSA) is 90.0 Å². The molecule has 0 bridgehead atoms. The minimum Gasteiger partial charge on any atom is -0.478 e. The Morgan fingerprint density at radius 3 is 2.36 bits per heavy atom. The minimum atomic E-state index is -1.000. The Bertz CT molecular complexity index is 609. The number of hydrogen-bond acceptors (Lipinski definition) is 4. The van der Waals surface area contributed by atoms with E-state index < -0.39 is 17.4 Å². The Labute approximate surface area is 169 Å². The SMILES string of the molecule is CC[C@@H](C=C(C)C(=O)O)N(C)C(=O)[C@@H](NC(=O)C1CCCCN1C)C(C)(C)C. The van der Waals surface area contributed by atoms with Gasteiger partial charge in [0.05, 0.1) is 12.1 Å². The first-order valence-electron chi connectivity index (χ1n) is 10.1. The summed E-state index contributed by atoms with van der Waals surface area (Å²) in [5, 5.41) is 12.1. The van der Waals surface area contributed by atoms with Crippen molar-refractivity contribution in [1.29, 1.82) is 0 Å². The number of piperidine rings is 1. The van der Waals surface area contributed by atoms with E-state index in [1.54, 1.807) is 18.0 Å². The Balaban J connectivity index is 3.02. The number of aliphatic carboxylic acids is 1. The summed E-state index contributed by atoms with van der Waals surface area (Å²) < 4.78 is 0. The van der Waals surface area contributed by atoms with Crippen LogP contribution in [0, 0.1) is 5.41 Å². The maximum absolute atomic E-state index is 13.3. The Morgan fingerprint density at radius 2 is 1.89 bits per heavy atom. The van der Waals surface area contributed by atoms with E-state index in [1.807, 2.05) is 39.6 Å². The average Bonchev–Trinajstić information content (AvgIpc) is 2.61. The number of carboxylic acids is 1. The molecule has 2 amide bonds. The molecule has 1 saturated heterocycles. The molecule has 160 valence electrons.